The molecular weight excluding hydrogens is 321 g/mol. The molecule has 0 N–H and O–H groups in total. The molecule has 122 valence electrons. The van der Waals surface area contributed by atoms with E-state index in [2.05, 4.69) is 36.0 Å². The quantitative estimate of drug-likeness (QED) is 0.482. The molecule has 10 heteroatoms. The van der Waals surface area contributed by atoms with Crippen LogP contribution in [-0.2, 0) is 16.7 Å². The van der Waals surface area contributed by atoms with Gasteiger partial charge in [0.15, 0.2) is 22.5 Å². The topological polar surface area (TPSA) is 61.1 Å². The molecule has 0 saturated carbocycles. The molecule has 1 rings (SSSR count). The normalized spacial score (nSPS) is 12.5. The lowest BCUT2D eigenvalue weighted by Crippen LogP contribution is -2.43. The molecule has 0 spiro atoms. The van der Waals surface area contributed by atoms with Crippen molar-refractivity contribution < 1.29 is 39.5 Å². The predicted molar refractivity (Wildman–Crippen MR) is 62.2 cm³/mol. The van der Waals surface area contributed by atoms with Gasteiger partial charge in [-0.2, -0.15) is 22.0 Å². The fourth-order valence-electron chi connectivity index (χ4n) is 1.07. The van der Waals surface area contributed by atoms with Crippen LogP contribution in [0.1, 0.15) is 19.8 Å². The second-order valence-corrected chi connectivity index (χ2v) is 5.36. The first-order valence-corrected chi connectivity index (χ1v) is 7.18. The molecule has 0 aliphatic heterocycles. The van der Waals surface area contributed by atoms with Gasteiger partial charge in [0, 0.05) is 18.6 Å². The average molecular weight is 335 g/mol. The number of aryl methyl sites for hydroxylation is 1. The molecular formula is C11H14F5NO3S. The van der Waals surface area contributed by atoms with Crippen molar-refractivity contribution in [3.8, 4) is 0 Å². The maximum Gasteiger partial charge on any atom is 0.468 e. The summed E-state index contributed by atoms with van der Waals surface area (Å²) < 4.78 is 85.9. The highest BCUT2D eigenvalue weighted by Crippen LogP contribution is 2.38. The molecule has 0 aliphatic carbocycles. The minimum atomic E-state index is -6.67. The summed E-state index contributed by atoms with van der Waals surface area (Å²) in [5, 5.41) is -6.21. The summed E-state index contributed by atoms with van der Waals surface area (Å²) in [5.74, 6) is 0. The van der Waals surface area contributed by atoms with Gasteiger partial charge < -0.3 is 4.55 Å². The van der Waals surface area contributed by atoms with Crippen LogP contribution in [0, 0.1) is 0 Å². The molecule has 0 aromatic carbocycles. The van der Waals surface area contributed by atoms with Crippen molar-refractivity contribution >= 4 is 10.1 Å². The van der Waals surface area contributed by atoms with E-state index in [1.165, 1.54) is 12.8 Å². The molecule has 0 aliphatic rings. The van der Waals surface area contributed by atoms with Crippen molar-refractivity contribution in [2.45, 2.75) is 37.7 Å². The van der Waals surface area contributed by atoms with E-state index in [1.54, 1.807) is 0 Å². The van der Waals surface area contributed by atoms with Crippen molar-refractivity contribution in [1.29, 1.82) is 0 Å². The minimum Gasteiger partial charge on any atom is -0.743 e. The maximum atomic E-state index is 11.4. The Bertz CT molecular complexity index is 516. The van der Waals surface area contributed by atoms with Crippen LogP contribution in [-0.4, -0.2) is 24.4 Å². The zero-order chi connectivity index (χ0) is 16.7. The number of pyridine rings is 1. The Labute approximate surface area is 119 Å². The van der Waals surface area contributed by atoms with Crippen LogP contribution in [0.3, 0.4) is 0 Å². The van der Waals surface area contributed by atoms with E-state index in [-0.39, 0.29) is 0 Å². The zero-order valence-corrected chi connectivity index (χ0v) is 11.8. The lowest BCUT2D eigenvalue weighted by atomic mass is 10.3. The Morgan fingerprint density at radius 1 is 1.05 bits per heavy atom. The average Bonchev–Trinajstić information content (AvgIpc) is 2.36. The summed E-state index contributed by atoms with van der Waals surface area (Å²) in [6.07, 6.45) is 0.398. The summed E-state index contributed by atoms with van der Waals surface area (Å²) in [7, 11) is -6.67. The second-order valence-electron chi connectivity index (χ2n) is 3.94. The number of nitrogens with zero attached hydrogens (tertiary/aromatic N) is 1. The largest absolute Gasteiger partial charge is 0.743 e. The standard InChI is InChI=1S/C9H14N.C2HF5O3S/c1-2-3-7-10-8-5-4-6-9-10;3-1(4,5)2(6,7)11(8,9)10/h4-6,8-9H,2-3,7H2,1H3;(H,8,9,10)/q+1;/p-1. The lowest BCUT2D eigenvalue weighted by molar-refractivity contribution is -0.697. The van der Waals surface area contributed by atoms with Crippen molar-refractivity contribution in [1.82, 2.24) is 0 Å². The van der Waals surface area contributed by atoms with E-state index in [0.29, 0.717) is 0 Å². The van der Waals surface area contributed by atoms with Crippen LogP contribution >= 0.6 is 0 Å². The number of aromatic nitrogens is 1. The third-order valence-electron chi connectivity index (χ3n) is 2.19. The first-order chi connectivity index (χ1) is 9.43. The number of rotatable bonds is 4. The van der Waals surface area contributed by atoms with Gasteiger partial charge in [-0.25, -0.2) is 13.0 Å². The number of halogens is 5. The molecule has 0 saturated heterocycles. The Hall–Kier alpha value is -1.29. The van der Waals surface area contributed by atoms with Crippen LogP contribution in [0.25, 0.3) is 0 Å². The third-order valence-corrected chi connectivity index (χ3v) is 3.05. The fraction of sp³-hybridized carbons (Fsp3) is 0.545. The molecule has 4 nitrogen and oxygen atoms in total. The number of hydrogen-bond acceptors (Lipinski definition) is 3. The van der Waals surface area contributed by atoms with Crippen LogP contribution < -0.4 is 4.57 Å². The number of hydrogen-bond donors (Lipinski definition) is 0. The molecule has 0 fully saturated rings. The van der Waals surface area contributed by atoms with Crippen LogP contribution in [0.5, 0.6) is 0 Å². The minimum absolute atomic E-state index is 1.15. The second kappa shape index (κ2) is 7.64. The highest BCUT2D eigenvalue weighted by atomic mass is 32.2. The molecule has 1 aromatic heterocycles. The maximum absolute atomic E-state index is 11.4. The lowest BCUT2D eigenvalue weighted by Gasteiger charge is -2.21. The van der Waals surface area contributed by atoms with Gasteiger partial charge in [0.05, 0.1) is 0 Å². The smallest absolute Gasteiger partial charge is 0.468 e. The van der Waals surface area contributed by atoms with Gasteiger partial charge in [-0.3, -0.25) is 0 Å². The summed E-state index contributed by atoms with van der Waals surface area (Å²) in [4.78, 5) is 0. The van der Waals surface area contributed by atoms with Gasteiger partial charge in [-0.05, 0) is 0 Å². The Kier molecular flexibility index (Phi) is 7.17. The molecule has 0 unspecified atom stereocenters. The fourth-order valence-corrected chi connectivity index (χ4v) is 1.35. The monoisotopic (exact) mass is 335 g/mol. The first kappa shape index (κ1) is 19.7. The predicted octanol–water partition coefficient (Wildman–Crippen LogP) is 2.46. The van der Waals surface area contributed by atoms with Crippen LogP contribution in [0.15, 0.2) is 30.6 Å². The first-order valence-electron chi connectivity index (χ1n) is 5.77. The van der Waals surface area contributed by atoms with Gasteiger partial charge in [0.25, 0.3) is 0 Å². The SMILES string of the molecule is CCCC[n+]1ccccc1.O=S(=O)([O-])C(F)(F)C(F)(F)F. The highest BCUT2D eigenvalue weighted by molar-refractivity contribution is 7.86. The highest BCUT2D eigenvalue weighted by Gasteiger charge is 2.63. The van der Waals surface area contributed by atoms with E-state index in [9.17, 15) is 34.9 Å². The number of unbranched alkanes of at least 4 members (excludes halogenated alkanes) is 1. The van der Waals surface area contributed by atoms with E-state index in [1.807, 2.05) is 6.07 Å². The van der Waals surface area contributed by atoms with Crippen LogP contribution in [0.2, 0.25) is 0 Å². The van der Waals surface area contributed by atoms with Gasteiger partial charge in [-0.1, -0.05) is 19.4 Å². The molecule has 0 amide bonds. The van der Waals surface area contributed by atoms with Gasteiger partial charge >= 0.3 is 11.4 Å². The van der Waals surface area contributed by atoms with Gasteiger partial charge in [0.1, 0.15) is 6.54 Å². The molecule has 0 radical (unpaired) electrons. The van der Waals surface area contributed by atoms with E-state index in [0.717, 1.165) is 6.54 Å². The van der Waals surface area contributed by atoms with Gasteiger partial charge in [-0.15, -0.1) is 0 Å². The van der Waals surface area contributed by atoms with Crippen molar-refractivity contribution in [3.63, 3.8) is 0 Å². The Morgan fingerprint density at radius 3 is 1.81 bits per heavy atom. The molecule has 1 aromatic rings. The van der Waals surface area contributed by atoms with Crippen LogP contribution in [0.4, 0.5) is 22.0 Å². The Balaban J connectivity index is 0.000000382. The third kappa shape index (κ3) is 6.34. The van der Waals surface area contributed by atoms with E-state index >= 15 is 0 Å². The van der Waals surface area contributed by atoms with Crippen molar-refractivity contribution in [2.75, 3.05) is 0 Å². The van der Waals surface area contributed by atoms with E-state index < -0.39 is 21.5 Å². The molecule has 0 bridgehead atoms. The summed E-state index contributed by atoms with van der Waals surface area (Å²) in [6.45, 7) is 3.36. The Morgan fingerprint density at radius 2 is 1.52 bits per heavy atom. The summed E-state index contributed by atoms with van der Waals surface area (Å²) in [6, 6.07) is 6.17. The molecule has 0 atom stereocenters. The zero-order valence-electron chi connectivity index (χ0n) is 11.0. The van der Waals surface area contributed by atoms with E-state index in [4.69, 9.17) is 0 Å². The van der Waals surface area contributed by atoms with Gasteiger partial charge in [0.2, 0.25) is 0 Å². The number of alkyl halides is 5. The van der Waals surface area contributed by atoms with Crippen molar-refractivity contribution in [2.24, 2.45) is 0 Å². The summed E-state index contributed by atoms with van der Waals surface area (Å²) in [5.41, 5.74) is 0. The molecule has 21 heavy (non-hydrogen) atoms. The van der Waals surface area contributed by atoms with Crippen molar-refractivity contribution in [3.05, 3.63) is 30.6 Å². The molecule has 1 heterocycles. The summed E-state index contributed by atoms with van der Waals surface area (Å²) >= 11 is 0.